The number of hydrogen-bond donors (Lipinski definition) is 2. The first-order chi connectivity index (χ1) is 9.25. The van der Waals surface area contributed by atoms with Gasteiger partial charge in [-0.1, -0.05) is 18.2 Å². The Hall–Kier alpha value is -0.905. The van der Waals surface area contributed by atoms with E-state index in [1.165, 1.54) is 0 Å². The third-order valence-corrected chi connectivity index (χ3v) is 4.37. The van der Waals surface area contributed by atoms with Crippen LogP contribution in [0.2, 0.25) is 0 Å². The smallest absolute Gasteiger partial charge is 0.400 e. The average Bonchev–Trinajstić information content (AvgIpc) is 2.55. The van der Waals surface area contributed by atoms with E-state index in [1.807, 2.05) is 58.0 Å². The summed E-state index contributed by atoms with van der Waals surface area (Å²) in [4.78, 5) is 0. The third-order valence-electron chi connectivity index (χ3n) is 4.00. The molecule has 20 heavy (non-hydrogen) atoms. The van der Waals surface area contributed by atoms with Gasteiger partial charge in [-0.2, -0.15) is 12.6 Å². The Morgan fingerprint density at radius 2 is 1.85 bits per heavy atom. The second-order valence-corrected chi connectivity index (χ2v) is 6.45. The molecule has 1 aliphatic heterocycles. The van der Waals surface area contributed by atoms with Crippen LogP contribution >= 0.6 is 12.6 Å². The van der Waals surface area contributed by atoms with Crippen LogP contribution in [0.1, 0.15) is 33.3 Å². The highest BCUT2D eigenvalue weighted by Gasteiger charge is 2.52. The van der Waals surface area contributed by atoms with Crippen molar-refractivity contribution in [2.45, 2.75) is 38.9 Å². The van der Waals surface area contributed by atoms with E-state index in [4.69, 9.17) is 15.0 Å². The molecule has 0 unspecified atom stereocenters. The molecule has 5 heteroatoms. The summed E-state index contributed by atoms with van der Waals surface area (Å²) in [6.45, 7) is 8.18. The molecule has 0 amide bonds. The lowest BCUT2D eigenvalue weighted by atomic mass is 9.78. The van der Waals surface area contributed by atoms with Gasteiger partial charge in [0.2, 0.25) is 0 Å². The van der Waals surface area contributed by atoms with Gasteiger partial charge in [0, 0.05) is 11.4 Å². The third kappa shape index (κ3) is 3.05. The van der Waals surface area contributed by atoms with Crippen molar-refractivity contribution in [1.82, 2.24) is 0 Å². The standard InChI is InChI=1S/C15H22BNO2S/c1-14(2)15(3,4)19-16(18-14)12(10-20)8-11-6-5-7-13(17)9-11/h5-9,20H,10,17H2,1-4H3. The van der Waals surface area contributed by atoms with E-state index in [2.05, 4.69) is 12.6 Å². The highest BCUT2D eigenvalue weighted by atomic mass is 32.1. The zero-order valence-corrected chi connectivity index (χ0v) is 13.4. The van der Waals surface area contributed by atoms with Gasteiger partial charge in [-0.15, -0.1) is 0 Å². The van der Waals surface area contributed by atoms with Crippen LogP contribution in [0.25, 0.3) is 6.08 Å². The van der Waals surface area contributed by atoms with E-state index in [9.17, 15) is 0 Å². The monoisotopic (exact) mass is 291 g/mol. The van der Waals surface area contributed by atoms with Gasteiger partial charge in [-0.25, -0.2) is 0 Å². The van der Waals surface area contributed by atoms with E-state index < -0.39 is 0 Å². The molecule has 1 aliphatic rings. The molecule has 0 radical (unpaired) electrons. The SMILES string of the molecule is CC1(C)OB(C(=Cc2cccc(N)c2)CS)OC1(C)C. The normalized spacial score (nSPS) is 21.2. The van der Waals surface area contributed by atoms with Crippen molar-refractivity contribution in [3.05, 3.63) is 35.3 Å². The Bertz CT molecular complexity index is 512. The van der Waals surface area contributed by atoms with E-state index >= 15 is 0 Å². The number of hydrogen-bond acceptors (Lipinski definition) is 4. The fraction of sp³-hybridized carbons (Fsp3) is 0.467. The molecule has 1 heterocycles. The molecule has 0 atom stereocenters. The van der Waals surface area contributed by atoms with Crippen molar-refractivity contribution in [3.8, 4) is 0 Å². The summed E-state index contributed by atoms with van der Waals surface area (Å²) in [5.41, 5.74) is 7.90. The minimum absolute atomic E-state index is 0.338. The first-order valence-corrected chi connectivity index (χ1v) is 7.41. The van der Waals surface area contributed by atoms with Crippen molar-refractivity contribution in [2.75, 3.05) is 11.5 Å². The molecule has 2 rings (SSSR count). The predicted octanol–water partition coefficient (Wildman–Crippen LogP) is 3.21. The molecule has 0 aliphatic carbocycles. The van der Waals surface area contributed by atoms with Crippen LogP contribution in [0.4, 0.5) is 5.69 Å². The van der Waals surface area contributed by atoms with Gasteiger partial charge in [0.15, 0.2) is 0 Å². The number of rotatable bonds is 3. The van der Waals surface area contributed by atoms with Crippen LogP contribution in [0.5, 0.6) is 0 Å². The van der Waals surface area contributed by atoms with Crippen LogP contribution in [0.15, 0.2) is 29.7 Å². The Balaban J connectivity index is 2.26. The molecule has 0 aromatic heterocycles. The van der Waals surface area contributed by atoms with Gasteiger partial charge < -0.3 is 15.0 Å². The number of benzene rings is 1. The zero-order chi connectivity index (χ0) is 15.0. The molecule has 3 nitrogen and oxygen atoms in total. The number of nitrogens with two attached hydrogens (primary N) is 1. The van der Waals surface area contributed by atoms with Crippen molar-refractivity contribution in [1.29, 1.82) is 0 Å². The maximum atomic E-state index is 6.05. The minimum Gasteiger partial charge on any atom is -0.400 e. The fourth-order valence-corrected chi connectivity index (χ4v) is 2.29. The van der Waals surface area contributed by atoms with Gasteiger partial charge in [0.05, 0.1) is 11.2 Å². The van der Waals surface area contributed by atoms with Crippen LogP contribution in [0.3, 0.4) is 0 Å². The first kappa shape index (κ1) is 15.5. The lowest BCUT2D eigenvalue weighted by Gasteiger charge is -2.32. The van der Waals surface area contributed by atoms with Gasteiger partial charge in [-0.3, -0.25) is 0 Å². The van der Waals surface area contributed by atoms with Crippen LogP contribution in [0, 0.1) is 0 Å². The lowest BCUT2D eigenvalue weighted by molar-refractivity contribution is 0.00578. The van der Waals surface area contributed by atoms with Gasteiger partial charge in [-0.05, 0) is 50.9 Å². The summed E-state index contributed by atoms with van der Waals surface area (Å²) in [5.74, 6) is 0.575. The van der Waals surface area contributed by atoms with Crippen LogP contribution in [-0.4, -0.2) is 24.1 Å². The number of thiol groups is 1. The molecule has 1 saturated heterocycles. The molecule has 1 aromatic rings. The van der Waals surface area contributed by atoms with Gasteiger partial charge in [0.1, 0.15) is 0 Å². The van der Waals surface area contributed by atoms with Gasteiger partial charge >= 0.3 is 7.12 Å². The van der Waals surface area contributed by atoms with Gasteiger partial charge in [0.25, 0.3) is 0 Å². The van der Waals surface area contributed by atoms with Crippen molar-refractivity contribution in [3.63, 3.8) is 0 Å². The summed E-state index contributed by atoms with van der Waals surface area (Å²) < 4.78 is 12.1. The maximum Gasteiger partial charge on any atom is 0.491 e. The quantitative estimate of drug-likeness (QED) is 0.510. The van der Waals surface area contributed by atoms with E-state index in [0.717, 1.165) is 16.7 Å². The Labute approximate surface area is 127 Å². The fourth-order valence-electron chi connectivity index (χ4n) is 2.05. The summed E-state index contributed by atoms with van der Waals surface area (Å²) in [7, 11) is -0.362. The first-order valence-electron chi connectivity index (χ1n) is 6.78. The van der Waals surface area contributed by atoms with E-state index in [1.54, 1.807) is 0 Å². The highest BCUT2D eigenvalue weighted by Crippen LogP contribution is 2.39. The lowest BCUT2D eigenvalue weighted by Crippen LogP contribution is -2.41. The number of anilines is 1. The molecule has 0 spiro atoms. The summed E-state index contributed by atoms with van der Waals surface area (Å²) in [6.07, 6.45) is 2.03. The topological polar surface area (TPSA) is 44.5 Å². The molecule has 2 N–H and O–H groups in total. The highest BCUT2D eigenvalue weighted by molar-refractivity contribution is 7.80. The Kier molecular flexibility index (Phi) is 4.23. The molecule has 0 bridgehead atoms. The van der Waals surface area contributed by atoms with E-state index in [0.29, 0.717) is 5.75 Å². The average molecular weight is 291 g/mol. The molecule has 108 valence electrons. The molecular formula is C15H22BNO2S. The van der Waals surface area contributed by atoms with Crippen molar-refractivity contribution < 1.29 is 9.31 Å². The Morgan fingerprint density at radius 3 is 2.35 bits per heavy atom. The second-order valence-electron chi connectivity index (χ2n) is 6.14. The second kappa shape index (κ2) is 5.47. The molecule has 0 saturated carbocycles. The number of nitrogen functional groups attached to an aromatic ring is 1. The summed E-state index contributed by atoms with van der Waals surface area (Å²) >= 11 is 4.40. The van der Waals surface area contributed by atoms with Crippen molar-refractivity contribution >= 4 is 31.5 Å². The summed E-state index contributed by atoms with van der Waals surface area (Å²) in [6, 6.07) is 7.73. The largest absolute Gasteiger partial charge is 0.491 e. The minimum atomic E-state index is -0.362. The molecule has 1 fully saturated rings. The van der Waals surface area contributed by atoms with Crippen LogP contribution in [-0.2, 0) is 9.31 Å². The maximum absolute atomic E-state index is 6.05. The molecule has 1 aromatic carbocycles. The van der Waals surface area contributed by atoms with Crippen molar-refractivity contribution in [2.24, 2.45) is 0 Å². The zero-order valence-electron chi connectivity index (χ0n) is 12.5. The Morgan fingerprint density at radius 1 is 1.25 bits per heavy atom. The summed E-state index contributed by atoms with van der Waals surface area (Å²) in [5, 5.41) is 0. The predicted molar refractivity (Wildman–Crippen MR) is 88.8 cm³/mol. The van der Waals surface area contributed by atoms with Crippen LogP contribution < -0.4 is 5.73 Å². The van der Waals surface area contributed by atoms with E-state index in [-0.39, 0.29) is 18.3 Å². The molecular weight excluding hydrogens is 269 g/mol.